The molecule has 6 nitrogen and oxygen atoms in total. The highest BCUT2D eigenvalue weighted by Gasteiger charge is 2.11. The fourth-order valence-corrected chi connectivity index (χ4v) is 1.30. The molecule has 0 radical (unpaired) electrons. The van der Waals surface area contributed by atoms with E-state index in [0.717, 1.165) is 0 Å². The van der Waals surface area contributed by atoms with Gasteiger partial charge in [-0.25, -0.2) is 0 Å². The molecule has 0 aliphatic carbocycles. The maximum absolute atomic E-state index is 11.6. The van der Waals surface area contributed by atoms with Crippen molar-refractivity contribution in [2.24, 2.45) is 0 Å². The van der Waals surface area contributed by atoms with Gasteiger partial charge in [-0.1, -0.05) is 0 Å². The number of hydrazine groups is 1. The van der Waals surface area contributed by atoms with Gasteiger partial charge in [-0.3, -0.25) is 25.4 Å². The highest BCUT2D eigenvalue weighted by atomic mass is 16.3. The lowest BCUT2D eigenvalue weighted by molar-refractivity contribution is 0.0830. The molecule has 2 rings (SSSR count). The Hall–Kier alpha value is -2.63. The van der Waals surface area contributed by atoms with E-state index < -0.39 is 11.8 Å². The van der Waals surface area contributed by atoms with Crippen LogP contribution >= 0.6 is 0 Å². The molecule has 0 unspecified atom stereocenters. The van der Waals surface area contributed by atoms with Gasteiger partial charge in [-0.05, 0) is 31.2 Å². The minimum atomic E-state index is -0.514. The molecule has 0 saturated carbocycles. The number of aromatic nitrogens is 1. The van der Waals surface area contributed by atoms with Crippen LogP contribution in [0.4, 0.5) is 0 Å². The van der Waals surface area contributed by atoms with E-state index in [1.165, 1.54) is 12.3 Å². The number of carbonyl (C=O) groups is 2. The molecule has 0 spiro atoms. The number of aryl methyl sites for hydroxylation is 1. The van der Waals surface area contributed by atoms with E-state index in [-0.39, 0.29) is 5.76 Å². The Labute approximate surface area is 103 Å². The highest BCUT2D eigenvalue weighted by molar-refractivity contribution is 5.97. The normalized spacial score (nSPS) is 9.83. The predicted molar refractivity (Wildman–Crippen MR) is 62.6 cm³/mol. The fourth-order valence-electron chi connectivity index (χ4n) is 1.30. The third kappa shape index (κ3) is 2.73. The Kier molecular flexibility index (Phi) is 3.38. The summed E-state index contributed by atoms with van der Waals surface area (Å²) in [5.74, 6) is -0.196. The molecule has 2 heterocycles. The third-order valence-electron chi connectivity index (χ3n) is 2.18. The highest BCUT2D eigenvalue weighted by Crippen LogP contribution is 2.05. The van der Waals surface area contributed by atoms with Crippen molar-refractivity contribution in [2.75, 3.05) is 0 Å². The summed E-state index contributed by atoms with van der Waals surface area (Å²) in [6.07, 6.45) is 2.96. The second kappa shape index (κ2) is 5.13. The molecule has 92 valence electrons. The SMILES string of the molecule is Cc1ccc(C(=O)NNC(=O)c2cccnc2)o1. The Balaban J connectivity index is 1.92. The number of amides is 2. The van der Waals surface area contributed by atoms with Gasteiger partial charge in [0.2, 0.25) is 0 Å². The number of nitrogens with zero attached hydrogens (tertiary/aromatic N) is 1. The molecule has 0 fully saturated rings. The number of hydrogen-bond acceptors (Lipinski definition) is 4. The molecule has 0 saturated heterocycles. The minimum absolute atomic E-state index is 0.138. The van der Waals surface area contributed by atoms with Crippen LogP contribution in [-0.2, 0) is 0 Å². The van der Waals surface area contributed by atoms with Crippen molar-refractivity contribution in [1.29, 1.82) is 0 Å². The van der Waals surface area contributed by atoms with Crippen molar-refractivity contribution >= 4 is 11.8 Å². The number of furan rings is 1. The topological polar surface area (TPSA) is 84.2 Å². The van der Waals surface area contributed by atoms with Crippen LogP contribution in [0, 0.1) is 6.92 Å². The smallest absolute Gasteiger partial charge is 0.305 e. The molecule has 2 N–H and O–H groups in total. The maximum atomic E-state index is 11.6. The molecule has 2 aromatic rings. The zero-order chi connectivity index (χ0) is 13.0. The molecule has 0 aromatic carbocycles. The van der Waals surface area contributed by atoms with Crippen molar-refractivity contribution < 1.29 is 14.0 Å². The largest absolute Gasteiger partial charge is 0.456 e. The number of rotatable bonds is 2. The first-order chi connectivity index (χ1) is 8.66. The van der Waals surface area contributed by atoms with Crippen LogP contribution in [0.15, 0.2) is 41.1 Å². The second-order valence-electron chi connectivity index (χ2n) is 3.56. The summed E-state index contributed by atoms with van der Waals surface area (Å²) in [5, 5.41) is 0. The van der Waals surface area contributed by atoms with Crippen molar-refractivity contribution in [3.63, 3.8) is 0 Å². The van der Waals surface area contributed by atoms with Gasteiger partial charge >= 0.3 is 5.91 Å². The van der Waals surface area contributed by atoms with Crippen molar-refractivity contribution in [1.82, 2.24) is 15.8 Å². The van der Waals surface area contributed by atoms with Crippen LogP contribution in [0.5, 0.6) is 0 Å². The van der Waals surface area contributed by atoms with Crippen LogP contribution in [0.2, 0.25) is 0 Å². The molecule has 0 bridgehead atoms. The Morgan fingerprint density at radius 3 is 2.56 bits per heavy atom. The number of pyridine rings is 1. The lowest BCUT2D eigenvalue weighted by Gasteiger charge is -2.05. The molecule has 0 aliphatic heterocycles. The minimum Gasteiger partial charge on any atom is -0.456 e. The van der Waals surface area contributed by atoms with Crippen molar-refractivity contribution in [3.05, 3.63) is 53.7 Å². The van der Waals surface area contributed by atoms with Gasteiger partial charge in [0, 0.05) is 12.4 Å². The molecular formula is C12H11N3O3. The Morgan fingerprint density at radius 1 is 1.17 bits per heavy atom. The van der Waals surface area contributed by atoms with E-state index in [1.54, 1.807) is 31.3 Å². The first-order valence-electron chi connectivity index (χ1n) is 5.24. The quantitative estimate of drug-likeness (QED) is 0.775. The number of nitrogens with one attached hydrogen (secondary N) is 2. The van der Waals surface area contributed by atoms with E-state index in [4.69, 9.17) is 4.42 Å². The summed E-state index contributed by atoms with van der Waals surface area (Å²) in [6.45, 7) is 1.73. The van der Waals surface area contributed by atoms with Crippen LogP contribution in [0.1, 0.15) is 26.7 Å². The van der Waals surface area contributed by atoms with Gasteiger partial charge in [-0.15, -0.1) is 0 Å². The second-order valence-corrected chi connectivity index (χ2v) is 3.56. The average Bonchev–Trinajstić information content (AvgIpc) is 2.83. The summed E-state index contributed by atoms with van der Waals surface area (Å²) < 4.78 is 5.11. The number of hydrogen-bond donors (Lipinski definition) is 2. The van der Waals surface area contributed by atoms with E-state index in [0.29, 0.717) is 11.3 Å². The van der Waals surface area contributed by atoms with Gasteiger partial charge in [0.05, 0.1) is 5.56 Å². The zero-order valence-electron chi connectivity index (χ0n) is 9.64. The summed E-state index contributed by atoms with van der Waals surface area (Å²) >= 11 is 0. The summed E-state index contributed by atoms with van der Waals surface area (Å²) in [4.78, 5) is 27.0. The van der Waals surface area contributed by atoms with Gasteiger partial charge in [-0.2, -0.15) is 0 Å². The van der Waals surface area contributed by atoms with Gasteiger partial charge in [0.1, 0.15) is 5.76 Å². The molecule has 18 heavy (non-hydrogen) atoms. The van der Waals surface area contributed by atoms with Gasteiger partial charge in [0.25, 0.3) is 5.91 Å². The first kappa shape index (κ1) is 11.8. The standard InChI is InChI=1S/C12H11N3O3/c1-8-4-5-10(18-8)12(17)15-14-11(16)9-3-2-6-13-7-9/h2-7H,1H3,(H,14,16)(H,15,17). The molecule has 6 heteroatoms. The Bertz CT molecular complexity index is 563. The maximum Gasteiger partial charge on any atom is 0.305 e. The van der Waals surface area contributed by atoms with Crippen molar-refractivity contribution in [2.45, 2.75) is 6.92 Å². The lowest BCUT2D eigenvalue weighted by atomic mass is 10.3. The monoisotopic (exact) mass is 245 g/mol. The summed E-state index contributed by atoms with van der Waals surface area (Å²) in [5.41, 5.74) is 4.87. The Morgan fingerprint density at radius 2 is 1.94 bits per heavy atom. The van der Waals surface area contributed by atoms with Gasteiger partial charge < -0.3 is 4.42 Å². The van der Waals surface area contributed by atoms with Crippen LogP contribution in [-0.4, -0.2) is 16.8 Å². The zero-order valence-corrected chi connectivity index (χ0v) is 9.64. The molecule has 2 amide bonds. The van der Waals surface area contributed by atoms with Crippen molar-refractivity contribution in [3.8, 4) is 0 Å². The lowest BCUT2D eigenvalue weighted by Crippen LogP contribution is -2.41. The molecule has 0 atom stereocenters. The van der Waals surface area contributed by atoms with Crippen LogP contribution in [0.3, 0.4) is 0 Å². The average molecular weight is 245 g/mol. The van der Waals surface area contributed by atoms with E-state index in [1.807, 2.05) is 0 Å². The van der Waals surface area contributed by atoms with Gasteiger partial charge in [0.15, 0.2) is 5.76 Å². The molecular weight excluding hydrogens is 234 g/mol. The summed E-state index contributed by atoms with van der Waals surface area (Å²) in [7, 11) is 0. The number of carbonyl (C=O) groups excluding carboxylic acids is 2. The fraction of sp³-hybridized carbons (Fsp3) is 0.0833. The van der Waals surface area contributed by atoms with Crippen LogP contribution in [0.25, 0.3) is 0 Å². The predicted octanol–water partition coefficient (Wildman–Crippen LogP) is 1.06. The molecule has 2 aromatic heterocycles. The molecule has 0 aliphatic rings. The summed E-state index contributed by atoms with van der Waals surface area (Å²) in [6, 6.07) is 6.41. The first-order valence-corrected chi connectivity index (χ1v) is 5.24. The van der Waals surface area contributed by atoms with E-state index >= 15 is 0 Å². The van der Waals surface area contributed by atoms with E-state index in [9.17, 15) is 9.59 Å². The van der Waals surface area contributed by atoms with Crippen LogP contribution < -0.4 is 10.9 Å². The third-order valence-corrected chi connectivity index (χ3v) is 2.18. The van der Waals surface area contributed by atoms with E-state index in [2.05, 4.69) is 15.8 Å².